The number of nitrogens with zero attached hydrogens (tertiary/aromatic N) is 1. The number of benzene rings is 1. The van der Waals surface area contributed by atoms with Crippen molar-refractivity contribution in [2.75, 3.05) is 13.1 Å². The predicted molar refractivity (Wildman–Crippen MR) is 64.7 cm³/mol. The SMILES string of the molecule is O=C(OCc1ccccc1)N1CC(C2CC2(F)F)C1. The Bertz CT molecular complexity index is 472. The van der Waals surface area contributed by atoms with Crippen LogP contribution in [0.3, 0.4) is 0 Å². The van der Waals surface area contributed by atoms with Crippen LogP contribution < -0.4 is 0 Å². The molecule has 1 heterocycles. The number of halogens is 2. The lowest BCUT2D eigenvalue weighted by atomic mass is 9.95. The molecule has 1 saturated carbocycles. The quantitative estimate of drug-likeness (QED) is 0.842. The minimum absolute atomic E-state index is 0.0232. The van der Waals surface area contributed by atoms with E-state index < -0.39 is 17.9 Å². The first-order chi connectivity index (χ1) is 9.06. The molecule has 2 fully saturated rings. The summed E-state index contributed by atoms with van der Waals surface area (Å²) < 4.78 is 30.8. The largest absolute Gasteiger partial charge is 0.445 e. The molecular weight excluding hydrogens is 252 g/mol. The van der Waals surface area contributed by atoms with Crippen LogP contribution in [0.25, 0.3) is 0 Å². The normalized spacial score (nSPS) is 24.7. The zero-order valence-electron chi connectivity index (χ0n) is 10.4. The summed E-state index contributed by atoms with van der Waals surface area (Å²) in [4.78, 5) is 13.2. The molecule has 1 unspecified atom stereocenters. The third-order valence-electron chi connectivity index (χ3n) is 3.82. The molecule has 5 heteroatoms. The second kappa shape index (κ2) is 4.47. The summed E-state index contributed by atoms with van der Waals surface area (Å²) in [6.45, 7) is 1.02. The minimum atomic E-state index is -2.50. The molecule has 1 saturated heterocycles. The second-order valence-corrected chi connectivity index (χ2v) is 5.28. The Morgan fingerprint density at radius 3 is 2.53 bits per heavy atom. The Morgan fingerprint density at radius 1 is 1.32 bits per heavy atom. The highest BCUT2D eigenvalue weighted by molar-refractivity contribution is 5.68. The van der Waals surface area contributed by atoms with Crippen LogP contribution in [0.4, 0.5) is 13.6 Å². The molecule has 1 aromatic rings. The summed E-state index contributed by atoms with van der Waals surface area (Å²) in [5.74, 6) is -3.07. The lowest BCUT2D eigenvalue weighted by molar-refractivity contribution is 0.0165. The molecule has 0 spiro atoms. The fourth-order valence-electron chi connectivity index (χ4n) is 2.47. The third kappa shape index (κ3) is 2.55. The standard InChI is InChI=1S/C14H15F2NO2/c15-14(16)6-12(14)11-7-17(8-11)13(18)19-9-10-4-2-1-3-5-10/h1-5,11-12H,6-9H2. The Kier molecular flexibility index (Phi) is 2.92. The number of hydrogen-bond acceptors (Lipinski definition) is 2. The average Bonchev–Trinajstić information content (AvgIpc) is 2.95. The second-order valence-electron chi connectivity index (χ2n) is 5.28. The van der Waals surface area contributed by atoms with E-state index in [-0.39, 0.29) is 18.9 Å². The summed E-state index contributed by atoms with van der Waals surface area (Å²) in [5.41, 5.74) is 0.918. The van der Waals surface area contributed by atoms with Gasteiger partial charge in [0, 0.05) is 31.3 Å². The fraction of sp³-hybridized carbons (Fsp3) is 0.500. The molecule has 1 amide bonds. The number of carbonyl (C=O) groups excluding carboxylic acids is 1. The van der Waals surface area contributed by atoms with Gasteiger partial charge in [0.1, 0.15) is 6.61 Å². The number of likely N-dealkylation sites (tertiary alicyclic amines) is 1. The maximum Gasteiger partial charge on any atom is 0.410 e. The van der Waals surface area contributed by atoms with Gasteiger partial charge >= 0.3 is 6.09 Å². The van der Waals surface area contributed by atoms with Crippen LogP contribution in [-0.2, 0) is 11.3 Å². The van der Waals surface area contributed by atoms with Crippen molar-refractivity contribution < 1.29 is 18.3 Å². The van der Waals surface area contributed by atoms with Gasteiger partial charge in [-0.1, -0.05) is 30.3 Å². The number of ether oxygens (including phenoxy) is 1. The monoisotopic (exact) mass is 267 g/mol. The lowest BCUT2D eigenvalue weighted by Crippen LogP contribution is -2.51. The Morgan fingerprint density at radius 2 is 1.95 bits per heavy atom. The van der Waals surface area contributed by atoms with E-state index in [1.807, 2.05) is 30.3 Å². The van der Waals surface area contributed by atoms with Crippen LogP contribution >= 0.6 is 0 Å². The average molecular weight is 267 g/mol. The molecule has 1 aromatic carbocycles. The summed E-state index contributed by atoms with van der Waals surface area (Å²) >= 11 is 0. The van der Waals surface area contributed by atoms with Crippen molar-refractivity contribution in [1.29, 1.82) is 0 Å². The number of carbonyl (C=O) groups is 1. The van der Waals surface area contributed by atoms with Crippen LogP contribution in [0, 0.1) is 11.8 Å². The van der Waals surface area contributed by atoms with E-state index in [1.165, 1.54) is 4.90 Å². The Labute approximate surface area is 110 Å². The molecule has 1 atom stereocenters. The highest BCUT2D eigenvalue weighted by Crippen LogP contribution is 2.55. The minimum Gasteiger partial charge on any atom is -0.445 e. The first kappa shape index (κ1) is 12.4. The molecule has 2 aliphatic rings. The van der Waals surface area contributed by atoms with Crippen molar-refractivity contribution in [3.8, 4) is 0 Å². The highest BCUT2D eigenvalue weighted by atomic mass is 19.3. The van der Waals surface area contributed by atoms with Crippen molar-refractivity contribution in [3.05, 3.63) is 35.9 Å². The Balaban J connectivity index is 1.41. The number of rotatable bonds is 3. The first-order valence-electron chi connectivity index (χ1n) is 6.40. The van der Waals surface area contributed by atoms with Crippen LogP contribution in [-0.4, -0.2) is 30.0 Å². The van der Waals surface area contributed by atoms with Gasteiger partial charge < -0.3 is 9.64 Å². The van der Waals surface area contributed by atoms with E-state index in [0.717, 1.165) is 5.56 Å². The van der Waals surface area contributed by atoms with E-state index in [0.29, 0.717) is 13.1 Å². The first-order valence-corrected chi connectivity index (χ1v) is 6.40. The van der Waals surface area contributed by atoms with Crippen molar-refractivity contribution in [2.45, 2.75) is 19.0 Å². The number of amides is 1. The van der Waals surface area contributed by atoms with Crippen molar-refractivity contribution in [2.24, 2.45) is 11.8 Å². The van der Waals surface area contributed by atoms with Gasteiger partial charge in [0.25, 0.3) is 5.92 Å². The van der Waals surface area contributed by atoms with Gasteiger partial charge in [-0.15, -0.1) is 0 Å². The molecular formula is C14H15F2NO2. The van der Waals surface area contributed by atoms with Crippen LogP contribution in [0.1, 0.15) is 12.0 Å². The predicted octanol–water partition coefficient (Wildman–Crippen LogP) is 2.91. The van der Waals surface area contributed by atoms with E-state index in [4.69, 9.17) is 4.74 Å². The van der Waals surface area contributed by atoms with Crippen molar-refractivity contribution in [3.63, 3.8) is 0 Å². The van der Waals surface area contributed by atoms with Gasteiger partial charge in [0.15, 0.2) is 0 Å². The third-order valence-corrected chi connectivity index (χ3v) is 3.82. The number of hydrogen-bond donors (Lipinski definition) is 0. The summed E-state index contributed by atoms with van der Waals surface area (Å²) in [7, 11) is 0. The van der Waals surface area contributed by atoms with Crippen LogP contribution in [0.5, 0.6) is 0 Å². The molecule has 0 radical (unpaired) electrons. The van der Waals surface area contributed by atoms with E-state index in [1.54, 1.807) is 0 Å². The zero-order chi connectivity index (χ0) is 13.5. The molecule has 0 bridgehead atoms. The zero-order valence-corrected chi connectivity index (χ0v) is 10.4. The highest BCUT2D eigenvalue weighted by Gasteiger charge is 2.62. The summed E-state index contributed by atoms with van der Waals surface area (Å²) in [6, 6.07) is 9.38. The van der Waals surface area contributed by atoms with Crippen LogP contribution in [0.2, 0.25) is 0 Å². The van der Waals surface area contributed by atoms with Gasteiger partial charge in [-0.25, -0.2) is 13.6 Å². The van der Waals surface area contributed by atoms with Gasteiger partial charge in [-0.3, -0.25) is 0 Å². The molecule has 19 heavy (non-hydrogen) atoms. The molecule has 3 rings (SSSR count). The maximum atomic E-state index is 12.8. The van der Waals surface area contributed by atoms with Gasteiger partial charge in [-0.2, -0.15) is 0 Å². The van der Waals surface area contributed by atoms with E-state index in [9.17, 15) is 13.6 Å². The van der Waals surface area contributed by atoms with E-state index in [2.05, 4.69) is 0 Å². The molecule has 1 aliphatic carbocycles. The maximum absolute atomic E-state index is 12.8. The van der Waals surface area contributed by atoms with Gasteiger partial charge in [-0.05, 0) is 5.56 Å². The lowest BCUT2D eigenvalue weighted by Gasteiger charge is -2.38. The molecule has 3 nitrogen and oxygen atoms in total. The molecule has 1 aliphatic heterocycles. The summed E-state index contributed by atoms with van der Waals surface area (Å²) in [6.07, 6.45) is -0.436. The smallest absolute Gasteiger partial charge is 0.410 e. The van der Waals surface area contributed by atoms with Crippen LogP contribution in [0.15, 0.2) is 30.3 Å². The molecule has 102 valence electrons. The topological polar surface area (TPSA) is 29.5 Å². The molecule has 0 aromatic heterocycles. The van der Waals surface area contributed by atoms with Crippen molar-refractivity contribution >= 4 is 6.09 Å². The van der Waals surface area contributed by atoms with Gasteiger partial charge in [0.2, 0.25) is 0 Å². The van der Waals surface area contributed by atoms with Gasteiger partial charge in [0.05, 0.1) is 0 Å². The Hall–Kier alpha value is -1.65. The van der Waals surface area contributed by atoms with E-state index >= 15 is 0 Å². The van der Waals surface area contributed by atoms with Crippen molar-refractivity contribution in [1.82, 2.24) is 4.90 Å². The number of alkyl halides is 2. The summed E-state index contributed by atoms with van der Waals surface area (Å²) in [5, 5.41) is 0. The fourth-order valence-corrected chi connectivity index (χ4v) is 2.47. The molecule has 0 N–H and O–H groups in total.